The molecule has 1 aliphatic rings. The van der Waals surface area contributed by atoms with Gasteiger partial charge in [0.2, 0.25) is 0 Å². The molecular weight excluding hydrogens is 270 g/mol. The van der Waals surface area contributed by atoms with E-state index in [9.17, 15) is 5.11 Å². The third-order valence-electron chi connectivity index (χ3n) is 3.66. The van der Waals surface area contributed by atoms with Crippen molar-refractivity contribution in [1.29, 1.82) is 0 Å². The maximum atomic E-state index is 9.85. The molecule has 1 aromatic rings. The van der Waals surface area contributed by atoms with Crippen LogP contribution in [0, 0.1) is 0 Å². The maximum Gasteiger partial charge on any atom is 0.119 e. The normalized spacial score (nSPS) is 20.1. The second-order valence-corrected chi connectivity index (χ2v) is 5.57. The lowest BCUT2D eigenvalue weighted by Crippen LogP contribution is -2.27. The van der Waals surface area contributed by atoms with E-state index < -0.39 is 6.10 Å². The van der Waals surface area contributed by atoms with Gasteiger partial charge in [-0.15, -0.1) is 0 Å². The Morgan fingerprint density at radius 3 is 2.90 bits per heavy atom. The summed E-state index contributed by atoms with van der Waals surface area (Å²) in [6.45, 7) is 2.87. The largest absolute Gasteiger partial charge is 0.491 e. The third kappa shape index (κ3) is 4.68. The molecule has 1 aromatic carbocycles. The number of ether oxygens (including phenoxy) is 3. The van der Waals surface area contributed by atoms with Gasteiger partial charge < -0.3 is 25.1 Å². The molecule has 0 aliphatic heterocycles. The number of aliphatic hydroxyl groups is 1. The summed E-state index contributed by atoms with van der Waals surface area (Å²) in [7, 11) is 1.62. The van der Waals surface area contributed by atoms with Gasteiger partial charge in [0, 0.05) is 13.2 Å². The van der Waals surface area contributed by atoms with Crippen molar-refractivity contribution in [3.63, 3.8) is 0 Å². The van der Waals surface area contributed by atoms with Gasteiger partial charge in [0.25, 0.3) is 0 Å². The van der Waals surface area contributed by atoms with Crippen LogP contribution in [0.15, 0.2) is 18.2 Å². The number of hydrogen-bond donors (Lipinski definition) is 2. The van der Waals surface area contributed by atoms with Crippen LogP contribution in [0.2, 0.25) is 0 Å². The fourth-order valence-electron chi connectivity index (χ4n) is 2.52. The summed E-state index contributed by atoms with van der Waals surface area (Å²) in [5.41, 5.74) is 8.46. The molecule has 2 rings (SSSR count). The van der Waals surface area contributed by atoms with E-state index in [1.807, 2.05) is 25.1 Å². The van der Waals surface area contributed by atoms with Crippen LogP contribution in [0.3, 0.4) is 0 Å². The Bertz CT molecular complexity index is 452. The van der Waals surface area contributed by atoms with Crippen LogP contribution < -0.4 is 10.5 Å². The zero-order chi connectivity index (χ0) is 15.2. The number of methoxy groups -OCH3 is 1. The molecule has 5 nitrogen and oxygen atoms in total. The Hall–Kier alpha value is -1.14. The Morgan fingerprint density at radius 1 is 1.33 bits per heavy atom. The molecule has 0 spiro atoms. The van der Waals surface area contributed by atoms with E-state index in [0.717, 1.165) is 18.6 Å². The van der Waals surface area contributed by atoms with E-state index in [2.05, 4.69) is 0 Å². The van der Waals surface area contributed by atoms with Crippen molar-refractivity contribution in [2.24, 2.45) is 5.73 Å². The molecule has 3 N–H and O–H groups in total. The van der Waals surface area contributed by atoms with Crippen LogP contribution in [0.1, 0.15) is 30.5 Å². The van der Waals surface area contributed by atoms with Crippen LogP contribution in [-0.2, 0) is 15.9 Å². The SMILES string of the molecule is COCC(C)OCC(O)COc1ccc2c(c1)CC[C@@H]2N. The minimum absolute atomic E-state index is 0.0360. The number of aryl methyl sites for hydroxylation is 1. The Morgan fingerprint density at radius 2 is 2.14 bits per heavy atom. The van der Waals surface area contributed by atoms with Crippen molar-refractivity contribution in [1.82, 2.24) is 0 Å². The van der Waals surface area contributed by atoms with Gasteiger partial charge in [-0.25, -0.2) is 0 Å². The second-order valence-electron chi connectivity index (χ2n) is 5.57. The topological polar surface area (TPSA) is 73.9 Å². The molecule has 0 saturated carbocycles. The molecule has 0 radical (unpaired) electrons. The fraction of sp³-hybridized carbons (Fsp3) is 0.625. The van der Waals surface area contributed by atoms with E-state index in [4.69, 9.17) is 19.9 Å². The first kappa shape index (κ1) is 16.2. The number of aliphatic hydroxyl groups excluding tert-OH is 1. The first-order valence-corrected chi connectivity index (χ1v) is 7.40. The minimum Gasteiger partial charge on any atom is -0.491 e. The number of benzene rings is 1. The van der Waals surface area contributed by atoms with E-state index in [-0.39, 0.29) is 25.4 Å². The van der Waals surface area contributed by atoms with Gasteiger partial charge in [0.05, 0.1) is 19.3 Å². The number of rotatable bonds is 8. The fourth-order valence-corrected chi connectivity index (χ4v) is 2.52. The van der Waals surface area contributed by atoms with E-state index in [1.54, 1.807) is 7.11 Å². The lowest BCUT2D eigenvalue weighted by Gasteiger charge is -2.16. The van der Waals surface area contributed by atoms with Gasteiger partial charge in [0.15, 0.2) is 0 Å². The number of fused-ring (bicyclic) bond motifs is 1. The second kappa shape index (κ2) is 7.75. The van der Waals surface area contributed by atoms with E-state index >= 15 is 0 Å². The molecule has 21 heavy (non-hydrogen) atoms. The van der Waals surface area contributed by atoms with Gasteiger partial charge in [-0.2, -0.15) is 0 Å². The van der Waals surface area contributed by atoms with Crippen molar-refractivity contribution in [2.75, 3.05) is 26.9 Å². The number of hydrogen-bond acceptors (Lipinski definition) is 5. The highest BCUT2D eigenvalue weighted by Crippen LogP contribution is 2.31. The molecule has 3 atom stereocenters. The van der Waals surface area contributed by atoms with Gasteiger partial charge in [0.1, 0.15) is 18.5 Å². The lowest BCUT2D eigenvalue weighted by molar-refractivity contribution is -0.0423. The molecule has 0 saturated heterocycles. The lowest BCUT2D eigenvalue weighted by atomic mass is 10.1. The van der Waals surface area contributed by atoms with Crippen LogP contribution >= 0.6 is 0 Å². The predicted octanol–water partition coefficient (Wildman–Crippen LogP) is 1.42. The Labute approximate surface area is 126 Å². The van der Waals surface area contributed by atoms with E-state index in [1.165, 1.54) is 11.1 Å². The van der Waals surface area contributed by atoms with Crippen LogP contribution in [0.5, 0.6) is 5.75 Å². The zero-order valence-electron chi connectivity index (χ0n) is 12.7. The van der Waals surface area contributed by atoms with Gasteiger partial charge >= 0.3 is 0 Å². The van der Waals surface area contributed by atoms with Gasteiger partial charge in [-0.05, 0) is 43.0 Å². The van der Waals surface area contributed by atoms with Crippen LogP contribution in [0.4, 0.5) is 0 Å². The average Bonchev–Trinajstić information content (AvgIpc) is 2.84. The van der Waals surface area contributed by atoms with Gasteiger partial charge in [-0.1, -0.05) is 6.07 Å². The molecule has 0 amide bonds. The molecule has 0 fully saturated rings. The molecule has 5 heteroatoms. The maximum absolute atomic E-state index is 9.85. The Balaban J connectivity index is 1.75. The molecular formula is C16H25NO4. The first-order chi connectivity index (χ1) is 10.1. The number of nitrogens with two attached hydrogens (primary N) is 1. The average molecular weight is 295 g/mol. The summed E-state index contributed by atoms with van der Waals surface area (Å²) < 4.78 is 16.0. The molecule has 0 bridgehead atoms. The standard InChI is InChI=1S/C16H25NO4/c1-11(8-19-2)20-9-13(18)10-21-14-4-5-15-12(7-14)3-6-16(15)17/h4-5,7,11,13,16,18H,3,6,8-10,17H2,1-2H3/t11?,13?,16-/m0/s1. The van der Waals surface area contributed by atoms with Crippen LogP contribution in [0.25, 0.3) is 0 Å². The molecule has 1 aliphatic carbocycles. The molecule has 2 unspecified atom stereocenters. The first-order valence-electron chi connectivity index (χ1n) is 7.40. The summed E-state index contributed by atoms with van der Waals surface area (Å²) in [6.07, 6.45) is 1.30. The van der Waals surface area contributed by atoms with Crippen molar-refractivity contribution in [3.8, 4) is 5.75 Å². The van der Waals surface area contributed by atoms with Crippen molar-refractivity contribution < 1.29 is 19.3 Å². The quantitative estimate of drug-likeness (QED) is 0.759. The highest BCUT2D eigenvalue weighted by Gasteiger charge is 2.19. The summed E-state index contributed by atoms with van der Waals surface area (Å²) in [5, 5.41) is 9.85. The Kier molecular flexibility index (Phi) is 5.99. The van der Waals surface area contributed by atoms with Crippen molar-refractivity contribution in [3.05, 3.63) is 29.3 Å². The predicted molar refractivity (Wildman–Crippen MR) is 80.5 cm³/mol. The van der Waals surface area contributed by atoms with Crippen LogP contribution in [-0.4, -0.2) is 44.2 Å². The summed E-state index contributed by atoms with van der Waals surface area (Å²) in [4.78, 5) is 0. The smallest absolute Gasteiger partial charge is 0.119 e. The van der Waals surface area contributed by atoms with Crippen molar-refractivity contribution >= 4 is 0 Å². The molecule has 0 heterocycles. The monoisotopic (exact) mass is 295 g/mol. The third-order valence-corrected chi connectivity index (χ3v) is 3.66. The summed E-state index contributed by atoms with van der Waals surface area (Å²) in [6, 6.07) is 6.09. The highest BCUT2D eigenvalue weighted by atomic mass is 16.5. The molecule has 118 valence electrons. The minimum atomic E-state index is -0.653. The zero-order valence-corrected chi connectivity index (χ0v) is 12.7. The van der Waals surface area contributed by atoms with Gasteiger partial charge in [-0.3, -0.25) is 0 Å². The highest BCUT2D eigenvalue weighted by molar-refractivity contribution is 5.40. The van der Waals surface area contributed by atoms with Crippen molar-refractivity contribution in [2.45, 2.75) is 38.0 Å². The summed E-state index contributed by atoms with van der Waals surface area (Å²) in [5.74, 6) is 0.770. The van der Waals surface area contributed by atoms with E-state index in [0.29, 0.717) is 6.61 Å². The summed E-state index contributed by atoms with van der Waals surface area (Å²) >= 11 is 0. The molecule has 0 aromatic heterocycles.